The van der Waals surface area contributed by atoms with Crippen molar-refractivity contribution in [2.75, 3.05) is 26.5 Å². The van der Waals surface area contributed by atoms with Gasteiger partial charge in [-0.15, -0.1) is 11.8 Å². The number of benzene rings is 2. The van der Waals surface area contributed by atoms with E-state index in [9.17, 15) is 0 Å². The van der Waals surface area contributed by atoms with E-state index in [1.807, 2.05) is 0 Å². The number of hydrogen-bond donors (Lipinski definition) is 1. The molecule has 2 aliphatic rings. The first-order valence-electron chi connectivity index (χ1n) is 13.4. The first kappa shape index (κ1) is 26.3. The third-order valence-electron chi connectivity index (χ3n) is 8.86. The summed E-state index contributed by atoms with van der Waals surface area (Å²) in [6.07, 6.45) is 9.45. The van der Waals surface area contributed by atoms with Gasteiger partial charge >= 0.3 is 0 Å². The lowest BCUT2D eigenvalue weighted by atomic mass is 9.49. The van der Waals surface area contributed by atoms with Crippen molar-refractivity contribution in [3.8, 4) is 0 Å². The second-order valence-electron chi connectivity index (χ2n) is 11.5. The van der Waals surface area contributed by atoms with Gasteiger partial charge in [-0.1, -0.05) is 69.6 Å². The summed E-state index contributed by atoms with van der Waals surface area (Å²) in [5.41, 5.74) is 7.50. The maximum Gasteiger partial charge on any atom is 0.106 e. The average Bonchev–Trinajstić information content (AvgIpc) is 2.85. The summed E-state index contributed by atoms with van der Waals surface area (Å²) >= 11 is 1.76. The number of hydrogen-bond acceptors (Lipinski definition) is 4. The molecule has 0 spiro atoms. The summed E-state index contributed by atoms with van der Waals surface area (Å²) in [6, 6.07) is 16.0. The molecule has 1 fully saturated rings. The predicted molar refractivity (Wildman–Crippen MR) is 151 cm³/mol. The summed E-state index contributed by atoms with van der Waals surface area (Å²) in [5, 5.41) is 8.18. The Balaban J connectivity index is 1.42. The third-order valence-corrected chi connectivity index (χ3v) is 9.60. The molecule has 0 aliphatic heterocycles. The number of aryl methyl sites for hydroxylation is 1. The first-order valence-corrected chi connectivity index (χ1v) is 14.6. The summed E-state index contributed by atoms with van der Waals surface area (Å²) < 4.78 is 0. The Labute approximate surface area is 217 Å². The fourth-order valence-electron chi connectivity index (χ4n) is 6.93. The van der Waals surface area contributed by atoms with Gasteiger partial charge in [0.25, 0.3) is 0 Å². The molecule has 0 amide bonds. The minimum absolute atomic E-state index is 0.291. The molecule has 2 aromatic carbocycles. The molecular formula is C31H44N2OS. The predicted octanol–water partition coefficient (Wildman–Crippen LogP) is 7.57. The van der Waals surface area contributed by atoms with Crippen LogP contribution in [-0.2, 0) is 16.7 Å². The minimum atomic E-state index is 0.291. The lowest BCUT2D eigenvalue weighted by Gasteiger charge is -2.55. The maximum atomic E-state index is 5.18. The molecule has 0 bridgehead atoms. The highest BCUT2D eigenvalue weighted by molar-refractivity contribution is 7.98. The molecule has 3 atom stereocenters. The molecule has 0 radical (unpaired) electrons. The van der Waals surface area contributed by atoms with E-state index in [0.29, 0.717) is 16.7 Å². The van der Waals surface area contributed by atoms with Crippen LogP contribution in [0, 0.1) is 11.3 Å². The summed E-state index contributed by atoms with van der Waals surface area (Å²) in [7, 11) is 1.64. The number of nitrogens with zero attached hydrogens (tertiary/aromatic N) is 1. The monoisotopic (exact) mass is 492 g/mol. The second kappa shape index (κ2) is 11.1. The highest BCUT2D eigenvalue weighted by Crippen LogP contribution is 2.57. The minimum Gasteiger partial charge on any atom is -0.399 e. The molecule has 2 aromatic rings. The molecule has 0 saturated heterocycles. The molecule has 35 heavy (non-hydrogen) atoms. The van der Waals surface area contributed by atoms with Crippen molar-refractivity contribution in [1.82, 2.24) is 5.32 Å². The SMILES string of the molecule is CO/N=C(/CCNC[C@]1(C)CCC[C@]2(C)c3ccc(C(C)C)cc3CC[C@@H]12)c1ccc(SC)cc1. The van der Waals surface area contributed by atoms with Gasteiger partial charge in [0.1, 0.15) is 7.11 Å². The fourth-order valence-corrected chi connectivity index (χ4v) is 7.34. The van der Waals surface area contributed by atoms with Crippen LogP contribution in [0.2, 0.25) is 0 Å². The van der Waals surface area contributed by atoms with Gasteiger partial charge in [0.05, 0.1) is 5.71 Å². The Morgan fingerprint density at radius 3 is 2.60 bits per heavy atom. The molecule has 1 N–H and O–H groups in total. The van der Waals surface area contributed by atoms with E-state index in [1.165, 1.54) is 42.6 Å². The van der Waals surface area contributed by atoms with Crippen LogP contribution in [0.4, 0.5) is 0 Å². The highest BCUT2D eigenvalue weighted by atomic mass is 32.2. The van der Waals surface area contributed by atoms with Crippen LogP contribution < -0.4 is 5.32 Å². The van der Waals surface area contributed by atoms with Crippen molar-refractivity contribution in [3.05, 3.63) is 64.7 Å². The van der Waals surface area contributed by atoms with E-state index < -0.39 is 0 Å². The van der Waals surface area contributed by atoms with E-state index in [-0.39, 0.29) is 0 Å². The quantitative estimate of drug-likeness (QED) is 0.170. The van der Waals surface area contributed by atoms with Crippen molar-refractivity contribution >= 4 is 17.5 Å². The molecular weight excluding hydrogens is 448 g/mol. The number of rotatable bonds is 9. The van der Waals surface area contributed by atoms with E-state index in [4.69, 9.17) is 4.84 Å². The smallest absolute Gasteiger partial charge is 0.106 e. The van der Waals surface area contributed by atoms with Gasteiger partial charge in [-0.25, -0.2) is 0 Å². The van der Waals surface area contributed by atoms with Gasteiger partial charge in [-0.2, -0.15) is 0 Å². The lowest BCUT2D eigenvalue weighted by molar-refractivity contribution is 0.0262. The summed E-state index contributed by atoms with van der Waals surface area (Å²) in [6.45, 7) is 11.7. The molecule has 2 aliphatic carbocycles. The lowest BCUT2D eigenvalue weighted by Crippen LogP contribution is -2.52. The van der Waals surface area contributed by atoms with Gasteiger partial charge < -0.3 is 10.2 Å². The number of nitrogens with one attached hydrogen (secondary N) is 1. The van der Waals surface area contributed by atoms with E-state index in [2.05, 4.69) is 86.9 Å². The van der Waals surface area contributed by atoms with Crippen molar-refractivity contribution < 1.29 is 4.84 Å². The van der Waals surface area contributed by atoms with Crippen molar-refractivity contribution in [3.63, 3.8) is 0 Å². The Hall–Kier alpha value is -1.78. The Morgan fingerprint density at radius 2 is 1.91 bits per heavy atom. The van der Waals surface area contributed by atoms with Gasteiger partial charge in [0, 0.05) is 24.4 Å². The van der Waals surface area contributed by atoms with Gasteiger partial charge in [0.15, 0.2) is 0 Å². The van der Waals surface area contributed by atoms with Gasteiger partial charge in [-0.05, 0) is 89.0 Å². The van der Waals surface area contributed by atoms with Crippen molar-refractivity contribution in [1.29, 1.82) is 0 Å². The Kier molecular flexibility index (Phi) is 8.33. The molecule has 4 rings (SSSR count). The molecule has 190 valence electrons. The molecule has 0 heterocycles. The second-order valence-corrected chi connectivity index (χ2v) is 12.3. The van der Waals surface area contributed by atoms with Crippen molar-refractivity contribution in [2.45, 2.75) is 82.4 Å². The van der Waals surface area contributed by atoms with Crippen molar-refractivity contribution in [2.24, 2.45) is 16.5 Å². The largest absolute Gasteiger partial charge is 0.399 e. The van der Waals surface area contributed by atoms with Crippen LogP contribution in [0.15, 0.2) is 52.5 Å². The zero-order valence-electron chi connectivity index (χ0n) is 22.6. The van der Waals surface area contributed by atoms with E-state index in [1.54, 1.807) is 30.0 Å². The van der Waals surface area contributed by atoms with E-state index >= 15 is 0 Å². The zero-order valence-corrected chi connectivity index (χ0v) is 23.4. The molecule has 4 heteroatoms. The molecule has 3 nitrogen and oxygen atoms in total. The van der Waals surface area contributed by atoms with Gasteiger partial charge in [0.2, 0.25) is 0 Å². The highest BCUT2D eigenvalue weighted by Gasteiger charge is 2.51. The topological polar surface area (TPSA) is 33.6 Å². The normalized spacial score (nSPS) is 26.4. The number of fused-ring (bicyclic) bond motifs is 3. The fraction of sp³-hybridized carbons (Fsp3) is 0.581. The van der Waals surface area contributed by atoms with Crippen LogP contribution in [0.3, 0.4) is 0 Å². The molecule has 0 unspecified atom stereocenters. The van der Waals surface area contributed by atoms with Gasteiger partial charge in [-0.3, -0.25) is 0 Å². The summed E-state index contributed by atoms with van der Waals surface area (Å²) in [5.74, 6) is 1.32. The van der Waals surface area contributed by atoms with Crippen LogP contribution in [-0.4, -0.2) is 32.2 Å². The Morgan fingerprint density at radius 1 is 1.14 bits per heavy atom. The molecule has 0 aromatic heterocycles. The summed E-state index contributed by atoms with van der Waals surface area (Å²) in [4.78, 5) is 6.45. The third kappa shape index (κ3) is 5.49. The number of thioether (sulfide) groups is 1. The van der Waals surface area contributed by atoms with E-state index in [0.717, 1.165) is 36.7 Å². The standard InChI is InChI=1S/C31H44N2OS/c1-22(2)24-10-14-27-25(20-24)11-15-29-30(3,17-7-18-31(27,29)4)21-32-19-16-28(33-34-5)23-8-12-26(35-6)13-9-23/h8-10,12-14,20,22,29,32H,7,11,15-19,21H2,1-6H3/b33-28-/t29-,30-,31+/m0/s1. The van der Waals surface area contributed by atoms with Crippen LogP contribution in [0.25, 0.3) is 0 Å². The number of oxime groups is 1. The Bertz CT molecular complexity index is 1030. The average molecular weight is 493 g/mol. The maximum absolute atomic E-state index is 5.18. The van der Waals surface area contributed by atoms with Crippen LogP contribution >= 0.6 is 11.8 Å². The zero-order chi connectivity index (χ0) is 25.1. The first-order chi connectivity index (χ1) is 16.8. The van der Waals surface area contributed by atoms with Crippen LogP contribution in [0.5, 0.6) is 0 Å². The van der Waals surface area contributed by atoms with Crippen LogP contribution in [0.1, 0.15) is 88.0 Å². The molecule has 1 saturated carbocycles.